The first-order valence-electron chi connectivity index (χ1n) is 6.56. The second-order valence-electron chi connectivity index (χ2n) is 4.76. The van der Waals surface area contributed by atoms with Crippen LogP contribution in [-0.4, -0.2) is 65.4 Å². The Morgan fingerprint density at radius 3 is 2.53 bits per heavy atom. The highest BCUT2D eigenvalue weighted by molar-refractivity contribution is 7.98. The molecule has 0 spiro atoms. The van der Waals surface area contributed by atoms with Crippen LogP contribution in [0.25, 0.3) is 0 Å². The highest BCUT2D eigenvalue weighted by Crippen LogP contribution is 2.18. The summed E-state index contributed by atoms with van der Waals surface area (Å²) in [7, 11) is 0. The fourth-order valence-corrected chi connectivity index (χ4v) is 3.52. The molecule has 19 heavy (non-hydrogen) atoms. The fraction of sp³-hybridized carbons (Fsp3) is 0.692. The summed E-state index contributed by atoms with van der Waals surface area (Å²) in [4.78, 5) is 22.2. The maximum Gasteiger partial charge on any atom is 0.273 e. The number of carbonyl (C=O) groups excluding carboxylic acids is 1. The largest absolute Gasteiger partial charge is 0.335 e. The number of rotatable bonds is 4. The van der Waals surface area contributed by atoms with Crippen LogP contribution in [0.1, 0.15) is 20.4 Å². The van der Waals surface area contributed by atoms with Crippen molar-refractivity contribution in [1.82, 2.24) is 14.8 Å². The Bertz CT molecular complexity index is 439. The Morgan fingerprint density at radius 2 is 2.00 bits per heavy atom. The van der Waals surface area contributed by atoms with Crippen molar-refractivity contribution in [3.05, 3.63) is 15.6 Å². The van der Waals surface area contributed by atoms with E-state index in [1.54, 1.807) is 11.3 Å². The first-order valence-corrected chi connectivity index (χ1v) is 8.77. The van der Waals surface area contributed by atoms with Gasteiger partial charge in [-0.3, -0.25) is 9.69 Å². The van der Waals surface area contributed by atoms with Crippen LogP contribution in [0.4, 0.5) is 0 Å². The Morgan fingerprint density at radius 1 is 1.32 bits per heavy atom. The lowest BCUT2D eigenvalue weighted by Gasteiger charge is -2.34. The van der Waals surface area contributed by atoms with Gasteiger partial charge in [0.2, 0.25) is 0 Å². The zero-order chi connectivity index (χ0) is 13.8. The van der Waals surface area contributed by atoms with Gasteiger partial charge in [0, 0.05) is 43.4 Å². The van der Waals surface area contributed by atoms with E-state index in [1.807, 2.05) is 30.5 Å². The standard InChI is InChI=1S/C13H21N3OS2/c1-10-12(14-11(2)19-10)13(17)16-6-4-15(5-7-16)8-9-18-3/h4-9H2,1-3H3. The molecule has 0 aromatic carbocycles. The molecule has 4 nitrogen and oxygen atoms in total. The number of thiazole rings is 1. The normalized spacial score (nSPS) is 16.9. The average molecular weight is 299 g/mol. The minimum atomic E-state index is 0.103. The van der Waals surface area contributed by atoms with Crippen LogP contribution in [0, 0.1) is 13.8 Å². The van der Waals surface area contributed by atoms with Crippen molar-refractivity contribution in [3.8, 4) is 0 Å². The van der Waals surface area contributed by atoms with E-state index in [1.165, 1.54) is 5.75 Å². The first kappa shape index (κ1) is 14.8. The highest BCUT2D eigenvalue weighted by Gasteiger charge is 2.24. The highest BCUT2D eigenvalue weighted by atomic mass is 32.2. The van der Waals surface area contributed by atoms with Crippen LogP contribution < -0.4 is 0 Å². The molecule has 1 aromatic heterocycles. The number of aryl methyl sites for hydroxylation is 2. The number of carbonyl (C=O) groups is 1. The van der Waals surface area contributed by atoms with E-state index in [9.17, 15) is 4.79 Å². The van der Waals surface area contributed by atoms with Crippen molar-refractivity contribution in [2.24, 2.45) is 0 Å². The molecule has 0 unspecified atom stereocenters. The van der Waals surface area contributed by atoms with Crippen molar-refractivity contribution in [2.75, 3.05) is 44.7 Å². The van der Waals surface area contributed by atoms with Gasteiger partial charge in [-0.05, 0) is 20.1 Å². The monoisotopic (exact) mass is 299 g/mol. The third-order valence-electron chi connectivity index (χ3n) is 3.38. The molecule has 0 aliphatic carbocycles. The molecule has 1 saturated heterocycles. The van der Waals surface area contributed by atoms with Gasteiger partial charge in [-0.2, -0.15) is 11.8 Å². The van der Waals surface area contributed by atoms with E-state index >= 15 is 0 Å². The third kappa shape index (κ3) is 3.70. The summed E-state index contributed by atoms with van der Waals surface area (Å²) in [6.07, 6.45) is 2.13. The summed E-state index contributed by atoms with van der Waals surface area (Å²) >= 11 is 3.47. The lowest BCUT2D eigenvalue weighted by molar-refractivity contribution is 0.0639. The van der Waals surface area contributed by atoms with Crippen LogP contribution in [-0.2, 0) is 0 Å². The number of amides is 1. The van der Waals surface area contributed by atoms with E-state index in [4.69, 9.17) is 0 Å². The molecule has 0 bridgehead atoms. The zero-order valence-corrected chi connectivity index (χ0v) is 13.4. The van der Waals surface area contributed by atoms with Crippen molar-refractivity contribution in [2.45, 2.75) is 13.8 Å². The van der Waals surface area contributed by atoms with Crippen molar-refractivity contribution >= 4 is 29.0 Å². The van der Waals surface area contributed by atoms with Gasteiger partial charge in [0.25, 0.3) is 5.91 Å². The average Bonchev–Trinajstić information content (AvgIpc) is 2.75. The topological polar surface area (TPSA) is 36.4 Å². The summed E-state index contributed by atoms with van der Waals surface area (Å²) in [5, 5.41) is 0.972. The molecule has 1 aliphatic rings. The number of hydrogen-bond acceptors (Lipinski definition) is 5. The Balaban J connectivity index is 1.91. The molecule has 1 amide bonds. The molecule has 6 heteroatoms. The Hall–Kier alpha value is -0.590. The molecule has 0 radical (unpaired) electrons. The molecule has 1 fully saturated rings. The van der Waals surface area contributed by atoms with E-state index in [0.717, 1.165) is 42.6 Å². The quantitative estimate of drug-likeness (QED) is 0.850. The molecule has 106 valence electrons. The zero-order valence-electron chi connectivity index (χ0n) is 11.8. The van der Waals surface area contributed by atoms with Gasteiger partial charge < -0.3 is 4.90 Å². The molecule has 2 rings (SSSR count). The van der Waals surface area contributed by atoms with Crippen LogP contribution in [0.2, 0.25) is 0 Å². The van der Waals surface area contributed by atoms with E-state index in [2.05, 4.69) is 16.1 Å². The number of aromatic nitrogens is 1. The molecule has 1 aromatic rings. The fourth-order valence-electron chi connectivity index (χ4n) is 2.27. The molecular weight excluding hydrogens is 278 g/mol. The molecule has 0 atom stereocenters. The SMILES string of the molecule is CSCCN1CCN(C(=O)c2nc(C)sc2C)CC1. The van der Waals surface area contributed by atoms with Gasteiger partial charge in [0.05, 0.1) is 5.01 Å². The molecular formula is C13H21N3OS2. The van der Waals surface area contributed by atoms with Gasteiger partial charge in [-0.25, -0.2) is 4.98 Å². The first-order chi connectivity index (χ1) is 9.11. The van der Waals surface area contributed by atoms with Crippen LogP contribution in [0.3, 0.4) is 0 Å². The molecule has 0 N–H and O–H groups in total. The lowest BCUT2D eigenvalue weighted by Crippen LogP contribution is -2.49. The number of hydrogen-bond donors (Lipinski definition) is 0. The number of nitrogens with zero attached hydrogens (tertiary/aromatic N) is 3. The van der Waals surface area contributed by atoms with Crippen LogP contribution >= 0.6 is 23.1 Å². The molecule has 1 aliphatic heterocycles. The van der Waals surface area contributed by atoms with E-state index in [-0.39, 0.29) is 5.91 Å². The summed E-state index contributed by atoms with van der Waals surface area (Å²) in [5.74, 6) is 1.27. The number of piperazine rings is 1. The van der Waals surface area contributed by atoms with Gasteiger partial charge in [0.15, 0.2) is 0 Å². The van der Waals surface area contributed by atoms with E-state index in [0.29, 0.717) is 5.69 Å². The summed E-state index contributed by atoms with van der Waals surface area (Å²) in [6, 6.07) is 0. The van der Waals surface area contributed by atoms with Crippen LogP contribution in [0.5, 0.6) is 0 Å². The lowest BCUT2D eigenvalue weighted by atomic mass is 10.2. The number of thioether (sulfide) groups is 1. The second kappa shape index (κ2) is 6.72. The molecule has 0 saturated carbocycles. The predicted molar refractivity (Wildman–Crippen MR) is 82.3 cm³/mol. The predicted octanol–water partition coefficient (Wildman–Crippen LogP) is 1.88. The van der Waals surface area contributed by atoms with Gasteiger partial charge in [0.1, 0.15) is 5.69 Å². The van der Waals surface area contributed by atoms with Gasteiger partial charge >= 0.3 is 0 Å². The van der Waals surface area contributed by atoms with E-state index < -0.39 is 0 Å². The van der Waals surface area contributed by atoms with Gasteiger partial charge in [-0.15, -0.1) is 11.3 Å². The van der Waals surface area contributed by atoms with Crippen molar-refractivity contribution in [3.63, 3.8) is 0 Å². The Labute approximate surface area is 123 Å². The summed E-state index contributed by atoms with van der Waals surface area (Å²) in [5.41, 5.74) is 0.653. The van der Waals surface area contributed by atoms with Crippen LogP contribution in [0.15, 0.2) is 0 Å². The van der Waals surface area contributed by atoms with Crippen molar-refractivity contribution in [1.29, 1.82) is 0 Å². The summed E-state index contributed by atoms with van der Waals surface area (Å²) < 4.78 is 0. The van der Waals surface area contributed by atoms with Gasteiger partial charge in [-0.1, -0.05) is 0 Å². The Kier molecular flexibility index (Phi) is 5.24. The summed E-state index contributed by atoms with van der Waals surface area (Å²) in [6.45, 7) is 8.66. The maximum absolute atomic E-state index is 12.4. The maximum atomic E-state index is 12.4. The smallest absolute Gasteiger partial charge is 0.273 e. The minimum Gasteiger partial charge on any atom is -0.335 e. The second-order valence-corrected chi connectivity index (χ2v) is 7.16. The third-order valence-corrected chi connectivity index (χ3v) is 4.85. The molecule has 2 heterocycles. The van der Waals surface area contributed by atoms with Crippen molar-refractivity contribution < 1.29 is 4.79 Å². The minimum absolute atomic E-state index is 0.103.